The number of piperidine rings is 1. The van der Waals surface area contributed by atoms with Crippen molar-refractivity contribution in [2.24, 2.45) is 11.3 Å². The largest absolute Gasteiger partial charge is 0.317 e. The number of carbonyl (C=O) groups is 1. The van der Waals surface area contributed by atoms with E-state index in [0.29, 0.717) is 0 Å². The van der Waals surface area contributed by atoms with Crippen LogP contribution in [0.25, 0.3) is 5.69 Å². The second-order valence-corrected chi connectivity index (χ2v) is 9.27. The number of anilines is 1. The van der Waals surface area contributed by atoms with Gasteiger partial charge in [0.05, 0.1) is 11.4 Å². The van der Waals surface area contributed by atoms with E-state index in [1.54, 1.807) is 0 Å². The molecule has 2 fully saturated rings. The van der Waals surface area contributed by atoms with Gasteiger partial charge in [-0.3, -0.25) is 4.79 Å². The fourth-order valence-corrected chi connectivity index (χ4v) is 4.13. The fraction of sp³-hybridized carbons (Fsp3) is 0.545. The number of carbonyl (C=O) groups excluding carboxylic acids is 1. The summed E-state index contributed by atoms with van der Waals surface area (Å²) in [6.07, 6.45) is 3.23. The summed E-state index contributed by atoms with van der Waals surface area (Å²) < 4.78 is 1.87. The molecule has 0 bridgehead atoms. The molecule has 1 atom stereocenters. The molecule has 1 aliphatic heterocycles. The summed E-state index contributed by atoms with van der Waals surface area (Å²) in [4.78, 5) is 13.0. The van der Waals surface area contributed by atoms with Gasteiger partial charge in [-0.25, -0.2) is 4.68 Å². The minimum absolute atomic E-state index is 0.0781. The van der Waals surface area contributed by atoms with E-state index >= 15 is 0 Å². The van der Waals surface area contributed by atoms with E-state index in [1.807, 2.05) is 10.7 Å². The Hall–Kier alpha value is -2.14. The van der Waals surface area contributed by atoms with Crippen LogP contribution in [0.4, 0.5) is 5.82 Å². The third-order valence-corrected chi connectivity index (χ3v) is 6.11. The summed E-state index contributed by atoms with van der Waals surface area (Å²) in [5.41, 5.74) is 3.31. The minimum atomic E-state index is -0.0781. The number of rotatable bonds is 3. The minimum Gasteiger partial charge on any atom is -0.317 e. The second kappa shape index (κ2) is 6.48. The first-order valence-electron chi connectivity index (χ1n) is 9.98. The van der Waals surface area contributed by atoms with Gasteiger partial charge in [-0.1, -0.05) is 38.5 Å². The standard InChI is InChI=1S/C22H30N4O/c1-15-5-7-16(8-6-15)26-19(13-18(25-26)21(2,3)4)24-20(27)17-14-22(17)9-11-23-12-10-22/h5-8,13,17,23H,9-12,14H2,1-4H3,(H,24,27). The zero-order chi connectivity index (χ0) is 19.2. The molecule has 1 unspecified atom stereocenters. The molecule has 0 radical (unpaired) electrons. The lowest BCUT2D eigenvalue weighted by atomic mass is 9.91. The molecule has 5 nitrogen and oxygen atoms in total. The van der Waals surface area contributed by atoms with Crippen molar-refractivity contribution in [1.29, 1.82) is 0 Å². The lowest BCUT2D eigenvalue weighted by Crippen LogP contribution is -2.31. The summed E-state index contributed by atoms with van der Waals surface area (Å²) in [6.45, 7) is 10.6. The van der Waals surface area contributed by atoms with E-state index in [1.165, 1.54) is 5.56 Å². The number of aromatic nitrogens is 2. The zero-order valence-corrected chi connectivity index (χ0v) is 16.8. The highest BCUT2D eigenvalue weighted by Crippen LogP contribution is 2.58. The van der Waals surface area contributed by atoms with Crippen molar-refractivity contribution in [2.75, 3.05) is 18.4 Å². The third-order valence-electron chi connectivity index (χ3n) is 6.11. The lowest BCUT2D eigenvalue weighted by molar-refractivity contribution is -0.118. The van der Waals surface area contributed by atoms with Crippen molar-refractivity contribution in [2.45, 2.75) is 52.4 Å². The monoisotopic (exact) mass is 366 g/mol. The molecule has 1 aromatic carbocycles. The topological polar surface area (TPSA) is 59.0 Å². The average Bonchev–Trinajstić information content (AvgIpc) is 3.13. The van der Waals surface area contributed by atoms with Gasteiger partial charge in [0.15, 0.2) is 0 Å². The Kier molecular flexibility index (Phi) is 4.38. The summed E-state index contributed by atoms with van der Waals surface area (Å²) in [6, 6.07) is 10.3. The summed E-state index contributed by atoms with van der Waals surface area (Å²) in [7, 11) is 0. The van der Waals surface area contributed by atoms with Crippen molar-refractivity contribution in [1.82, 2.24) is 15.1 Å². The molecule has 144 valence electrons. The molecule has 1 amide bonds. The van der Waals surface area contributed by atoms with Gasteiger partial charge in [0.25, 0.3) is 0 Å². The first kappa shape index (κ1) is 18.2. The Balaban J connectivity index is 1.60. The van der Waals surface area contributed by atoms with Crippen molar-refractivity contribution in [3.8, 4) is 5.69 Å². The number of nitrogens with one attached hydrogen (secondary N) is 2. The van der Waals surface area contributed by atoms with E-state index in [0.717, 1.165) is 49.6 Å². The van der Waals surface area contributed by atoms with Gasteiger partial charge in [-0.2, -0.15) is 5.10 Å². The Labute approximate surface area is 161 Å². The number of hydrogen-bond donors (Lipinski definition) is 2. The van der Waals surface area contributed by atoms with Crippen molar-refractivity contribution >= 4 is 11.7 Å². The van der Waals surface area contributed by atoms with Crippen LogP contribution in [0.15, 0.2) is 30.3 Å². The van der Waals surface area contributed by atoms with Crippen LogP contribution in [-0.4, -0.2) is 28.8 Å². The highest BCUT2D eigenvalue weighted by atomic mass is 16.2. The molecule has 1 saturated heterocycles. The lowest BCUT2D eigenvalue weighted by Gasteiger charge is -2.23. The van der Waals surface area contributed by atoms with Gasteiger partial charge in [0, 0.05) is 17.4 Å². The number of aryl methyl sites for hydroxylation is 1. The van der Waals surface area contributed by atoms with Crippen LogP contribution in [0.3, 0.4) is 0 Å². The van der Waals surface area contributed by atoms with Gasteiger partial charge >= 0.3 is 0 Å². The Morgan fingerprint density at radius 1 is 1.22 bits per heavy atom. The van der Waals surface area contributed by atoms with Crippen molar-refractivity contribution in [3.63, 3.8) is 0 Å². The van der Waals surface area contributed by atoms with E-state index in [4.69, 9.17) is 5.10 Å². The molecule has 1 spiro atoms. The van der Waals surface area contributed by atoms with Gasteiger partial charge in [-0.05, 0) is 56.8 Å². The summed E-state index contributed by atoms with van der Waals surface area (Å²) >= 11 is 0. The van der Waals surface area contributed by atoms with Crippen LogP contribution in [0.5, 0.6) is 0 Å². The van der Waals surface area contributed by atoms with E-state index in [2.05, 4.69) is 62.6 Å². The molecule has 1 aliphatic carbocycles. The molecule has 1 aromatic heterocycles. The molecule has 2 aliphatic rings. The molecule has 2 heterocycles. The Morgan fingerprint density at radius 3 is 2.52 bits per heavy atom. The molecule has 2 N–H and O–H groups in total. The first-order valence-corrected chi connectivity index (χ1v) is 9.98. The SMILES string of the molecule is Cc1ccc(-n2nc(C(C)(C)C)cc2NC(=O)C2CC23CCNCC3)cc1. The maximum absolute atomic E-state index is 13.0. The molecular weight excluding hydrogens is 336 g/mol. The molecule has 5 heteroatoms. The van der Waals surface area contributed by atoms with E-state index in [-0.39, 0.29) is 22.7 Å². The fourth-order valence-electron chi connectivity index (χ4n) is 4.13. The highest BCUT2D eigenvalue weighted by Gasteiger charge is 2.57. The highest BCUT2D eigenvalue weighted by molar-refractivity contribution is 5.94. The Bertz CT molecular complexity index is 838. The predicted molar refractivity (Wildman–Crippen MR) is 108 cm³/mol. The van der Waals surface area contributed by atoms with Gasteiger partial charge in [0.1, 0.15) is 5.82 Å². The first-order chi connectivity index (χ1) is 12.8. The second-order valence-electron chi connectivity index (χ2n) is 9.27. The van der Waals surface area contributed by atoms with Crippen molar-refractivity contribution < 1.29 is 4.79 Å². The maximum Gasteiger partial charge on any atom is 0.229 e. The van der Waals surface area contributed by atoms with Crippen LogP contribution in [0.1, 0.15) is 51.3 Å². The quantitative estimate of drug-likeness (QED) is 0.868. The number of nitrogens with zero attached hydrogens (tertiary/aromatic N) is 2. The van der Waals surface area contributed by atoms with Gasteiger partial charge in [-0.15, -0.1) is 0 Å². The van der Waals surface area contributed by atoms with E-state index in [9.17, 15) is 4.79 Å². The van der Waals surface area contributed by atoms with Crippen LogP contribution < -0.4 is 10.6 Å². The number of amides is 1. The molecular formula is C22H30N4O. The average molecular weight is 367 g/mol. The van der Waals surface area contributed by atoms with Crippen LogP contribution >= 0.6 is 0 Å². The smallest absolute Gasteiger partial charge is 0.229 e. The summed E-state index contributed by atoms with van der Waals surface area (Å²) in [5.74, 6) is 1.05. The predicted octanol–water partition coefficient (Wildman–Crippen LogP) is 3.81. The Morgan fingerprint density at radius 2 is 1.89 bits per heavy atom. The zero-order valence-electron chi connectivity index (χ0n) is 16.8. The molecule has 2 aromatic rings. The molecule has 1 saturated carbocycles. The molecule has 4 rings (SSSR count). The molecule has 27 heavy (non-hydrogen) atoms. The third kappa shape index (κ3) is 3.53. The van der Waals surface area contributed by atoms with E-state index < -0.39 is 0 Å². The van der Waals surface area contributed by atoms with Crippen LogP contribution in [-0.2, 0) is 10.2 Å². The van der Waals surface area contributed by atoms with Crippen molar-refractivity contribution in [3.05, 3.63) is 41.6 Å². The number of benzene rings is 1. The normalized spacial score (nSPS) is 21.3. The van der Waals surface area contributed by atoms with Gasteiger partial charge in [0.2, 0.25) is 5.91 Å². The number of hydrogen-bond acceptors (Lipinski definition) is 3. The summed E-state index contributed by atoms with van der Waals surface area (Å²) in [5, 5.41) is 11.4. The van der Waals surface area contributed by atoms with Gasteiger partial charge < -0.3 is 10.6 Å². The van der Waals surface area contributed by atoms with Crippen LogP contribution in [0, 0.1) is 18.3 Å². The van der Waals surface area contributed by atoms with Crippen LogP contribution in [0.2, 0.25) is 0 Å². The maximum atomic E-state index is 13.0.